The molecule has 0 spiro atoms. The lowest BCUT2D eigenvalue weighted by atomic mass is 10.1. The average Bonchev–Trinajstić information content (AvgIpc) is 2.65. The number of aryl methyl sites for hydroxylation is 2. The van der Waals surface area contributed by atoms with E-state index in [0.29, 0.717) is 18.5 Å². The number of nitrogens with zero attached hydrogens (tertiary/aromatic N) is 2. The van der Waals surface area contributed by atoms with Crippen LogP contribution in [0.5, 0.6) is 0 Å². The third-order valence-electron chi connectivity index (χ3n) is 3.47. The molecule has 0 radical (unpaired) electrons. The fourth-order valence-corrected chi connectivity index (χ4v) is 2.44. The number of carbonyl (C=O) groups is 1. The fourth-order valence-electron chi connectivity index (χ4n) is 2.22. The molecule has 0 aliphatic heterocycles. The molecule has 0 saturated heterocycles. The van der Waals surface area contributed by atoms with Crippen LogP contribution in [0.1, 0.15) is 23.4 Å². The predicted octanol–water partition coefficient (Wildman–Crippen LogP) is 3.40. The van der Waals surface area contributed by atoms with Crippen LogP contribution < -0.4 is 5.32 Å². The molecule has 0 unspecified atom stereocenters. The van der Waals surface area contributed by atoms with E-state index in [2.05, 4.69) is 10.4 Å². The number of anilines is 1. The second kappa shape index (κ2) is 6.26. The Balaban J connectivity index is 1.99. The summed E-state index contributed by atoms with van der Waals surface area (Å²) in [5, 5.41) is 7.20. The number of nitrogens with one attached hydrogen (secondary N) is 1. The van der Waals surface area contributed by atoms with E-state index in [9.17, 15) is 9.18 Å². The summed E-state index contributed by atoms with van der Waals surface area (Å²) in [5.74, 6) is -0.592. The number of hydrogen-bond donors (Lipinski definition) is 1. The van der Waals surface area contributed by atoms with Crippen molar-refractivity contribution in [1.82, 2.24) is 9.78 Å². The molecule has 2 aromatic rings. The summed E-state index contributed by atoms with van der Waals surface area (Å²) >= 11 is 5.88. The van der Waals surface area contributed by atoms with Gasteiger partial charge in [0.2, 0.25) is 5.91 Å². The first-order valence-corrected chi connectivity index (χ1v) is 7.00. The Morgan fingerprint density at radius 1 is 1.43 bits per heavy atom. The molecule has 4 nitrogen and oxygen atoms in total. The van der Waals surface area contributed by atoms with Crippen molar-refractivity contribution in [3.63, 3.8) is 0 Å². The molecule has 1 amide bonds. The Kier molecular flexibility index (Phi) is 4.63. The number of halogens is 2. The van der Waals surface area contributed by atoms with Crippen molar-refractivity contribution in [1.29, 1.82) is 0 Å². The smallest absolute Gasteiger partial charge is 0.224 e. The van der Waals surface area contributed by atoms with Crippen molar-refractivity contribution in [3.05, 3.63) is 46.0 Å². The highest BCUT2D eigenvalue weighted by Crippen LogP contribution is 2.23. The maximum absolute atomic E-state index is 12.9. The molecular formula is C15H17ClFN3O. The monoisotopic (exact) mass is 309 g/mol. The summed E-state index contributed by atoms with van der Waals surface area (Å²) in [6.45, 7) is 3.90. The van der Waals surface area contributed by atoms with Crippen LogP contribution in [-0.4, -0.2) is 15.7 Å². The van der Waals surface area contributed by atoms with Gasteiger partial charge in [0.1, 0.15) is 5.82 Å². The van der Waals surface area contributed by atoms with Gasteiger partial charge in [-0.05, 0) is 44.0 Å². The van der Waals surface area contributed by atoms with Gasteiger partial charge in [-0.2, -0.15) is 5.10 Å². The molecular weight excluding hydrogens is 293 g/mol. The minimum Gasteiger partial charge on any atom is -0.325 e. The molecule has 0 bridgehead atoms. The van der Waals surface area contributed by atoms with Crippen molar-refractivity contribution < 1.29 is 9.18 Å². The van der Waals surface area contributed by atoms with Gasteiger partial charge in [0, 0.05) is 19.2 Å². The highest BCUT2D eigenvalue weighted by Gasteiger charge is 2.12. The van der Waals surface area contributed by atoms with Gasteiger partial charge in [-0.25, -0.2) is 4.39 Å². The third kappa shape index (κ3) is 3.61. The maximum Gasteiger partial charge on any atom is 0.224 e. The average molecular weight is 310 g/mol. The van der Waals surface area contributed by atoms with Crippen molar-refractivity contribution in [2.24, 2.45) is 7.05 Å². The van der Waals surface area contributed by atoms with Crippen molar-refractivity contribution in [2.45, 2.75) is 26.7 Å². The molecule has 21 heavy (non-hydrogen) atoms. The molecule has 0 fully saturated rings. The summed E-state index contributed by atoms with van der Waals surface area (Å²) in [6, 6.07) is 3.89. The Morgan fingerprint density at radius 3 is 2.71 bits per heavy atom. The first-order valence-electron chi connectivity index (χ1n) is 6.62. The second-order valence-corrected chi connectivity index (χ2v) is 5.35. The molecule has 2 rings (SSSR count). The van der Waals surface area contributed by atoms with E-state index in [0.717, 1.165) is 17.0 Å². The van der Waals surface area contributed by atoms with Gasteiger partial charge in [-0.1, -0.05) is 11.6 Å². The standard InChI is InChI=1S/C15H17ClFN3O/c1-9-12(10(2)20(3)19-9)5-7-15(21)18-14-6-4-11(17)8-13(14)16/h4,6,8H,5,7H2,1-3H3,(H,18,21). The van der Waals surface area contributed by atoms with Gasteiger partial charge in [0.15, 0.2) is 0 Å². The minimum atomic E-state index is -0.431. The zero-order chi connectivity index (χ0) is 15.6. The van der Waals surface area contributed by atoms with Gasteiger partial charge in [-0.3, -0.25) is 9.48 Å². The zero-order valence-corrected chi connectivity index (χ0v) is 13.0. The zero-order valence-electron chi connectivity index (χ0n) is 12.2. The Labute approximate surface area is 127 Å². The Hall–Kier alpha value is -1.88. The molecule has 112 valence electrons. The van der Waals surface area contributed by atoms with E-state index in [4.69, 9.17) is 11.6 Å². The first kappa shape index (κ1) is 15.5. The van der Waals surface area contributed by atoms with E-state index in [-0.39, 0.29) is 10.9 Å². The van der Waals surface area contributed by atoms with Crippen molar-refractivity contribution >= 4 is 23.2 Å². The van der Waals surface area contributed by atoms with Crippen LogP contribution in [0.2, 0.25) is 5.02 Å². The predicted molar refractivity (Wildman–Crippen MR) is 81.0 cm³/mol. The number of aromatic nitrogens is 2. The van der Waals surface area contributed by atoms with E-state index in [1.807, 2.05) is 20.9 Å². The van der Waals surface area contributed by atoms with E-state index < -0.39 is 5.82 Å². The SMILES string of the molecule is Cc1nn(C)c(C)c1CCC(=O)Nc1ccc(F)cc1Cl. The molecule has 1 N–H and O–H groups in total. The molecule has 6 heteroatoms. The molecule has 1 aromatic carbocycles. The largest absolute Gasteiger partial charge is 0.325 e. The quantitative estimate of drug-likeness (QED) is 0.941. The van der Waals surface area contributed by atoms with Crippen LogP contribution in [0.25, 0.3) is 0 Å². The summed E-state index contributed by atoms with van der Waals surface area (Å²) in [4.78, 5) is 12.0. The Morgan fingerprint density at radius 2 is 2.14 bits per heavy atom. The first-order chi connectivity index (χ1) is 9.88. The summed E-state index contributed by atoms with van der Waals surface area (Å²) in [6.07, 6.45) is 0.928. The highest BCUT2D eigenvalue weighted by atomic mass is 35.5. The molecule has 0 atom stereocenters. The van der Waals surface area contributed by atoms with Gasteiger partial charge >= 0.3 is 0 Å². The van der Waals surface area contributed by atoms with Crippen LogP contribution in [0.15, 0.2) is 18.2 Å². The number of carbonyl (C=O) groups excluding carboxylic acids is 1. The van der Waals surface area contributed by atoms with Gasteiger partial charge in [-0.15, -0.1) is 0 Å². The second-order valence-electron chi connectivity index (χ2n) is 4.95. The molecule has 0 aliphatic rings. The summed E-state index contributed by atoms with van der Waals surface area (Å²) in [7, 11) is 1.88. The van der Waals surface area contributed by atoms with E-state index in [1.54, 1.807) is 4.68 Å². The van der Waals surface area contributed by atoms with Crippen LogP contribution in [0.3, 0.4) is 0 Å². The summed E-state index contributed by atoms with van der Waals surface area (Å²) in [5.41, 5.74) is 3.49. The molecule has 1 heterocycles. The van der Waals surface area contributed by atoms with Gasteiger partial charge < -0.3 is 5.32 Å². The van der Waals surface area contributed by atoms with Crippen LogP contribution in [0, 0.1) is 19.7 Å². The van der Waals surface area contributed by atoms with Crippen LogP contribution >= 0.6 is 11.6 Å². The highest BCUT2D eigenvalue weighted by molar-refractivity contribution is 6.33. The molecule has 0 aliphatic carbocycles. The summed E-state index contributed by atoms with van der Waals surface area (Å²) < 4.78 is 14.7. The van der Waals surface area contributed by atoms with Crippen molar-refractivity contribution in [2.75, 3.05) is 5.32 Å². The van der Waals surface area contributed by atoms with Crippen LogP contribution in [-0.2, 0) is 18.3 Å². The lowest BCUT2D eigenvalue weighted by Crippen LogP contribution is -2.13. The minimum absolute atomic E-state index is 0.161. The lowest BCUT2D eigenvalue weighted by molar-refractivity contribution is -0.116. The Bertz CT molecular complexity index is 682. The third-order valence-corrected chi connectivity index (χ3v) is 3.78. The number of benzene rings is 1. The number of amides is 1. The normalized spacial score (nSPS) is 10.7. The van der Waals surface area contributed by atoms with E-state index >= 15 is 0 Å². The van der Waals surface area contributed by atoms with Crippen LogP contribution in [0.4, 0.5) is 10.1 Å². The molecule has 0 saturated carbocycles. The maximum atomic E-state index is 12.9. The van der Waals surface area contributed by atoms with E-state index in [1.165, 1.54) is 18.2 Å². The molecule has 1 aromatic heterocycles. The van der Waals surface area contributed by atoms with Gasteiger partial charge in [0.05, 0.1) is 16.4 Å². The topological polar surface area (TPSA) is 46.9 Å². The number of hydrogen-bond acceptors (Lipinski definition) is 2. The fraction of sp³-hybridized carbons (Fsp3) is 0.333. The number of rotatable bonds is 4. The van der Waals surface area contributed by atoms with Crippen molar-refractivity contribution in [3.8, 4) is 0 Å². The van der Waals surface area contributed by atoms with Gasteiger partial charge in [0.25, 0.3) is 0 Å². The lowest BCUT2D eigenvalue weighted by Gasteiger charge is -2.07.